The Labute approximate surface area is 101 Å². The molecule has 0 unspecified atom stereocenters. The second-order valence-electron chi connectivity index (χ2n) is 5.20. The summed E-state index contributed by atoms with van der Waals surface area (Å²) < 4.78 is 0. The first kappa shape index (κ1) is 12.1. The number of aliphatic carboxylic acids is 1. The van der Waals surface area contributed by atoms with E-state index in [1.165, 1.54) is 0 Å². The Bertz CT molecular complexity index is 397. The number of aliphatic hydroxyl groups is 1. The molecule has 1 aliphatic carbocycles. The predicted octanol–water partition coefficient (Wildman–Crippen LogP) is 2.41. The van der Waals surface area contributed by atoms with Crippen molar-refractivity contribution in [2.45, 2.75) is 37.7 Å². The van der Waals surface area contributed by atoms with Gasteiger partial charge in [-0.25, -0.2) is 0 Å². The molecule has 2 N–H and O–H groups in total. The van der Waals surface area contributed by atoms with Gasteiger partial charge in [-0.1, -0.05) is 30.3 Å². The van der Waals surface area contributed by atoms with E-state index in [-0.39, 0.29) is 11.8 Å². The number of benzene rings is 1. The quantitative estimate of drug-likeness (QED) is 0.826. The molecule has 1 aromatic carbocycles. The average molecular weight is 234 g/mol. The van der Waals surface area contributed by atoms with E-state index in [4.69, 9.17) is 0 Å². The molecule has 17 heavy (non-hydrogen) atoms. The fourth-order valence-corrected chi connectivity index (χ4v) is 2.73. The van der Waals surface area contributed by atoms with E-state index in [0.29, 0.717) is 19.3 Å². The summed E-state index contributed by atoms with van der Waals surface area (Å²) in [5.74, 6) is -1.22. The van der Waals surface area contributed by atoms with Gasteiger partial charge in [0, 0.05) is 0 Å². The van der Waals surface area contributed by atoms with E-state index in [1.54, 1.807) is 6.92 Å². The fourth-order valence-electron chi connectivity index (χ4n) is 2.73. The van der Waals surface area contributed by atoms with Crippen LogP contribution in [0.15, 0.2) is 30.3 Å². The largest absolute Gasteiger partial charge is 0.481 e. The molecule has 0 spiro atoms. The smallest absolute Gasteiger partial charge is 0.307 e. The molecule has 1 fully saturated rings. The Balaban J connectivity index is 2.29. The summed E-state index contributed by atoms with van der Waals surface area (Å²) in [4.78, 5) is 11.3. The maximum atomic E-state index is 11.3. The monoisotopic (exact) mass is 234 g/mol. The Morgan fingerprint density at radius 2 is 2.00 bits per heavy atom. The Kier molecular flexibility index (Phi) is 3.20. The van der Waals surface area contributed by atoms with Crippen LogP contribution < -0.4 is 0 Å². The molecule has 0 aliphatic heterocycles. The molecule has 3 atom stereocenters. The number of carboxylic acid groups (broad SMARTS) is 1. The fraction of sp³-hybridized carbons (Fsp3) is 0.500. The Morgan fingerprint density at radius 1 is 1.35 bits per heavy atom. The molecule has 0 heterocycles. The van der Waals surface area contributed by atoms with Crippen molar-refractivity contribution in [1.29, 1.82) is 0 Å². The highest BCUT2D eigenvalue weighted by Gasteiger charge is 2.40. The second-order valence-corrected chi connectivity index (χ2v) is 5.20. The van der Waals surface area contributed by atoms with Crippen molar-refractivity contribution < 1.29 is 15.0 Å². The number of carbonyl (C=O) groups is 1. The number of hydrogen-bond donors (Lipinski definition) is 2. The summed E-state index contributed by atoms with van der Waals surface area (Å²) >= 11 is 0. The van der Waals surface area contributed by atoms with Crippen molar-refractivity contribution in [3.63, 3.8) is 0 Å². The molecule has 92 valence electrons. The van der Waals surface area contributed by atoms with Crippen molar-refractivity contribution in [1.82, 2.24) is 0 Å². The molecule has 0 radical (unpaired) electrons. The first-order valence-corrected chi connectivity index (χ1v) is 6.00. The molecule has 0 aromatic heterocycles. The maximum absolute atomic E-state index is 11.3. The first-order valence-electron chi connectivity index (χ1n) is 6.00. The maximum Gasteiger partial charge on any atom is 0.307 e. The van der Waals surface area contributed by atoms with Crippen molar-refractivity contribution in [2.24, 2.45) is 5.92 Å². The molecular weight excluding hydrogens is 216 g/mol. The lowest BCUT2D eigenvalue weighted by Crippen LogP contribution is -2.38. The Hall–Kier alpha value is -1.35. The van der Waals surface area contributed by atoms with Gasteiger partial charge in [0.25, 0.3) is 0 Å². The van der Waals surface area contributed by atoms with Crippen LogP contribution in [-0.2, 0) is 4.79 Å². The Morgan fingerprint density at radius 3 is 2.59 bits per heavy atom. The summed E-state index contributed by atoms with van der Waals surface area (Å²) in [5.41, 5.74) is 0.270. The average Bonchev–Trinajstić information content (AvgIpc) is 2.28. The third-order valence-corrected chi connectivity index (χ3v) is 3.68. The minimum atomic E-state index is -0.755. The zero-order chi connectivity index (χ0) is 12.5. The highest BCUT2D eigenvalue weighted by molar-refractivity contribution is 5.71. The molecule has 1 saturated carbocycles. The molecule has 3 heteroatoms. The normalized spacial score (nSPS) is 33.3. The van der Waals surface area contributed by atoms with Crippen LogP contribution in [0.3, 0.4) is 0 Å². The standard InChI is InChI=1S/C14H18O3/c1-14(17)8-7-11(13(15)16)12(9-14)10-5-3-2-4-6-10/h2-6,11-12,17H,7-9H2,1H3,(H,15,16)/t11-,12+,14+/m1/s1. The zero-order valence-corrected chi connectivity index (χ0v) is 9.97. The summed E-state index contributed by atoms with van der Waals surface area (Å²) in [6.07, 6.45) is 1.63. The van der Waals surface area contributed by atoms with Gasteiger partial charge in [-0.2, -0.15) is 0 Å². The topological polar surface area (TPSA) is 57.5 Å². The minimum Gasteiger partial charge on any atom is -0.481 e. The van der Waals surface area contributed by atoms with Crippen LogP contribution in [0.5, 0.6) is 0 Å². The van der Waals surface area contributed by atoms with Crippen molar-refractivity contribution >= 4 is 5.97 Å². The zero-order valence-electron chi connectivity index (χ0n) is 9.97. The van der Waals surface area contributed by atoms with Crippen LogP contribution in [0, 0.1) is 5.92 Å². The lowest BCUT2D eigenvalue weighted by atomic mass is 9.69. The van der Waals surface area contributed by atoms with E-state index in [9.17, 15) is 15.0 Å². The highest BCUT2D eigenvalue weighted by Crippen LogP contribution is 2.42. The number of carboxylic acids is 1. The van der Waals surface area contributed by atoms with E-state index < -0.39 is 11.6 Å². The van der Waals surface area contributed by atoms with Gasteiger partial charge in [0.2, 0.25) is 0 Å². The molecular formula is C14H18O3. The van der Waals surface area contributed by atoms with Crippen molar-refractivity contribution in [3.8, 4) is 0 Å². The summed E-state index contributed by atoms with van der Waals surface area (Å²) in [6, 6.07) is 9.64. The molecule has 0 bridgehead atoms. The summed E-state index contributed by atoms with van der Waals surface area (Å²) in [5, 5.41) is 19.4. The molecule has 2 rings (SSSR count). The third kappa shape index (κ3) is 2.67. The minimum absolute atomic E-state index is 0.0857. The van der Waals surface area contributed by atoms with Crippen molar-refractivity contribution in [2.75, 3.05) is 0 Å². The molecule has 0 amide bonds. The van der Waals surface area contributed by atoms with Crippen LogP contribution in [0.2, 0.25) is 0 Å². The third-order valence-electron chi connectivity index (χ3n) is 3.68. The van der Waals surface area contributed by atoms with Gasteiger partial charge in [-0.15, -0.1) is 0 Å². The highest BCUT2D eigenvalue weighted by atomic mass is 16.4. The van der Waals surface area contributed by atoms with E-state index in [0.717, 1.165) is 5.56 Å². The van der Waals surface area contributed by atoms with E-state index >= 15 is 0 Å². The van der Waals surface area contributed by atoms with E-state index in [1.807, 2.05) is 30.3 Å². The van der Waals surface area contributed by atoms with Gasteiger partial charge in [-0.05, 0) is 37.7 Å². The van der Waals surface area contributed by atoms with Crippen LogP contribution in [-0.4, -0.2) is 21.8 Å². The summed E-state index contributed by atoms with van der Waals surface area (Å²) in [7, 11) is 0. The van der Waals surface area contributed by atoms with E-state index in [2.05, 4.69) is 0 Å². The molecule has 3 nitrogen and oxygen atoms in total. The lowest BCUT2D eigenvalue weighted by Gasteiger charge is -2.38. The van der Waals surface area contributed by atoms with Gasteiger partial charge >= 0.3 is 5.97 Å². The van der Waals surface area contributed by atoms with Gasteiger partial charge in [0.1, 0.15) is 0 Å². The van der Waals surface area contributed by atoms with Crippen LogP contribution >= 0.6 is 0 Å². The molecule has 0 saturated heterocycles. The second kappa shape index (κ2) is 4.49. The summed E-state index contributed by atoms with van der Waals surface area (Å²) in [6.45, 7) is 1.79. The van der Waals surface area contributed by atoms with Crippen LogP contribution in [0.4, 0.5) is 0 Å². The lowest BCUT2D eigenvalue weighted by molar-refractivity contribution is -0.145. The van der Waals surface area contributed by atoms with Crippen LogP contribution in [0.1, 0.15) is 37.7 Å². The number of hydrogen-bond acceptors (Lipinski definition) is 2. The van der Waals surface area contributed by atoms with Gasteiger partial charge in [0.15, 0.2) is 0 Å². The molecule has 1 aromatic rings. The predicted molar refractivity (Wildman–Crippen MR) is 64.8 cm³/mol. The SMILES string of the molecule is C[C@]1(O)CC[C@@H](C(=O)O)[C@H](c2ccccc2)C1. The van der Waals surface area contributed by atoms with Crippen molar-refractivity contribution in [3.05, 3.63) is 35.9 Å². The molecule has 1 aliphatic rings. The number of rotatable bonds is 2. The van der Waals surface area contributed by atoms with Gasteiger partial charge in [-0.3, -0.25) is 4.79 Å². The first-order chi connectivity index (χ1) is 7.99. The van der Waals surface area contributed by atoms with Crippen LogP contribution in [0.25, 0.3) is 0 Å². The van der Waals surface area contributed by atoms with Gasteiger partial charge < -0.3 is 10.2 Å². The van der Waals surface area contributed by atoms with Gasteiger partial charge in [0.05, 0.1) is 11.5 Å².